The molecular formula is C20H37NO16. The van der Waals surface area contributed by atoms with Crippen molar-refractivity contribution in [1.82, 2.24) is 0 Å². The minimum absolute atomic E-state index is 0.0182. The highest BCUT2D eigenvalue weighted by Gasteiger charge is 2.53. The number of rotatable bonds is 10. The summed E-state index contributed by atoms with van der Waals surface area (Å²) in [5.41, 5.74) is 5.36. The molecule has 15 atom stereocenters. The second-order valence-corrected chi connectivity index (χ2v) is 8.97. The van der Waals surface area contributed by atoms with E-state index in [1.54, 1.807) is 0 Å². The zero-order valence-corrected chi connectivity index (χ0v) is 19.7. The second-order valence-electron chi connectivity index (χ2n) is 8.97. The first kappa shape index (κ1) is 30.9. The van der Waals surface area contributed by atoms with Crippen molar-refractivity contribution in [1.29, 1.82) is 0 Å². The molecule has 12 N–H and O–H groups in total. The predicted molar refractivity (Wildman–Crippen MR) is 114 cm³/mol. The molecule has 3 aliphatic heterocycles. The summed E-state index contributed by atoms with van der Waals surface area (Å²) < 4.78 is 32.4. The van der Waals surface area contributed by atoms with E-state index >= 15 is 0 Å². The molecule has 218 valence electrons. The molecule has 3 rings (SSSR count). The summed E-state index contributed by atoms with van der Waals surface area (Å²) in [6.07, 6.45) is -24.4. The monoisotopic (exact) mass is 547 g/mol. The number of hydrogen-bond acceptors (Lipinski definition) is 17. The van der Waals surface area contributed by atoms with Crippen LogP contribution in [0.5, 0.6) is 0 Å². The molecule has 0 saturated carbocycles. The third-order valence-electron chi connectivity index (χ3n) is 6.47. The Labute approximate surface area is 211 Å². The van der Waals surface area contributed by atoms with E-state index in [-0.39, 0.29) is 13.2 Å². The summed E-state index contributed by atoms with van der Waals surface area (Å²) in [4.78, 5) is 0. The molecule has 0 unspecified atom stereocenters. The number of nitrogens with two attached hydrogens (primary N) is 1. The molecule has 0 aromatic rings. The van der Waals surface area contributed by atoms with Gasteiger partial charge in [-0.25, -0.2) is 0 Å². The Balaban J connectivity index is 1.76. The molecule has 3 aliphatic rings. The normalized spacial score (nSPS) is 49.2. The van der Waals surface area contributed by atoms with E-state index in [1.807, 2.05) is 0 Å². The predicted octanol–water partition coefficient (Wildman–Crippen LogP) is -7.59. The van der Waals surface area contributed by atoms with Crippen molar-refractivity contribution in [3.63, 3.8) is 0 Å². The number of aliphatic hydroxyl groups is 10. The Morgan fingerprint density at radius 3 is 1.57 bits per heavy atom. The molecule has 0 spiro atoms. The van der Waals surface area contributed by atoms with Gasteiger partial charge in [0.15, 0.2) is 18.9 Å². The van der Waals surface area contributed by atoms with Gasteiger partial charge in [0.1, 0.15) is 73.2 Å². The highest BCUT2D eigenvalue weighted by Crippen LogP contribution is 2.32. The number of aliphatic hydroxyl groups excluding tert-OH is 10. The Kier molecular flexibility index (Phi) is 11.3. The number of ether oxygens (including phenoxy) is 6. The van der Waals surface area contributed by atoms with Gasteiger partial charge in [0.05, 0.1) is 26.4 Å². The van der Waals surface area contributed by atoms with Gasteiger partial charge in [0, 0.05) is 6.54 Å². The average molecular weight is 548 g/mol. The fourth-order valence-electron chi connectivity index (χ4n) is 4.36. The first-order chi connectivity index (χ1) is 17.6. The molecule has 37 heavy (non-hydrogen) atoms. The van der Waals surface area contributed by atoms with Crippen LogP contribution in [0.25, 0.3) is 0 Å². The van der Waals surface area contributed by atoms with Crippen LogP contribution in [0.1, 0.15) is 0 Å². The summed E-state index contributed by atoms with van der Waals surface area (Å²) in [5.74, 6) is 0. The highest BCUT2D eigenvalue weighted by molar-refractivity contribution is 4.96. The minimum Gasteiger partial charge on any atom is -0.394 e. The zero-order chi connectivity index (χ0) is 27.4. The highest BCUT2D eigenvalue weighted by atomic mass is 16.8. The van der Waals surface area contributed by atoms with E-state index in [4.69, 9.17) is 34.2 Å². The molecule has 0 radical (unpaired) electrons. The van der Waals surface area contributed by atoms with Crippen LogP contribution in [-0.4, -0.2) is 176 Å². The van der Waals surface area contributed by atoms with Crippen molar-refractivity contribution in [2.75, 3.05) is 33.0 Å². The third-order valence-corrected chi connectivity index (χ3v) is 6.47. The largest absolute Gasteiger partial charge is 0.394 e. The zero-order valence-electron chi connectivity index (χ0n) is 19.7. The van der Waals surface area contributed by atoms with Gasteiger partial charge in [0.25, 0.3) is 0 Å². The smallest absolute Gasteiger partial charge is 0.187 e. The fraction of sp³-hybridized carbons (Fsp3) is 1.00. The van der Waals surface area contributed by atoms with E-state index in [0.29, 0.717) is 0 Å². The summed E-state index contributed by atoms with van der Waals surface area (Å²) in [6.45, 7) is -2.19. The SMILES string of the molecule is NCCO[C@@H]1O[C@H](CO)[C@@H](O[C@@H]2O[C@H](CO)[C@H](O)[C@H](O[C@H]3O[C@H](CO)[C@H](O)[C@H](O)[C@H]3O)[C@H]2O)[C@H](O)[C@H]1O. The summed E-state index contributed by atoms with van der Waals surface area (Å²) in [5, 5.41) is 101. The molecular weight excluding hydrogens is 510 g/mol. The molecule has 0 aromatic carbocycles. The van der Waals surface area contributed by atoms with Crippen molar-refractivity contribution in [3.8, 4) is 0 Å². The van der Waals surface area contributed by atoms with Crippen LogP contribution in [-0.2, 0) is 28.4 Å². The minimum atomic E-state index is -1.89. The molecule has 0 amide bonds. The summed E-state index contributed by atoms with van der Waals surface area (Å²) >= 11 is 0. The van der Waals surface area contributed by atoms with Gasteiger partial charge in [-0.1, -0.05) is 0 Å². The third kappa shape index (κ3) is 6.56. The Hall–Kier alpha value is -0.680. The van der Waals surface area contributed by atoms with Gasteiger partial charge in [-0.3, -0.25) is 0 Å². The van der Waals surface area contributed by atoms with Crippen LogP contribution in [0, 0.1) is 0 Å². The van der Waals surface area contributed by atoms with E-state index in [1.165, 1.54) is 0 Å². The molecule has 0 aliphatic carbocycles. The van der Waals surface area contributed by atoms with Crippen molar-refractivity contribution in [3.05, 3.63) is 0 Å². The van der Waals surface area contributed by atoms with Gasteiger partial charge < -0.3 is 85.2 Å². The van der Waals surface area contributed by atoms with Gasteiger partial charge >= 0.3 is 0 Å². The van der Waals surface area contributed by atoms with Crippen molar-refractivity contribution in [2.24, 2.45) is 5.73 Å². The van der Waals surface area contributed by atoms with Gasteiger partial charge in [-0.2, -0.15) is 0 Å². The molecule has 3 saturated heterocycles. The first-order valence-corrected chi connectivity index (χ1v) is 11.8. The van der Waals surface area contributed by atoms with Crippen LogP contribution < -0.4 is 5.73 Å². The molecule has 3 fully saturated rings. The van der Waals surface area contributed by atoms with E-state index in [0.717, 1.165) is 0 Å². The topological polar surface area (TPSA) is 284 Å². The van der Waals surface area contributed by atoms with E-state index < -0.39 is 112 Å². The van der Waals surface area contributed by atoms with Crippen LogP contribution >= 0.6 is 0 Å². The lowest BCUT2D eigenvalue weighted by Crippen LogP contribution is -2.66. The summed E-state index contributed by atoms with van der Waals surface area (Å²) in [7, 11) is 0. The van der Waals surface area contributed by atoms with Crippen molar-refractivity contribution >= 4 is 0 Å². The van der Waals surface area contributed by atoms with E-state index in [2.05, 4.69) is 0 Å². The van der Waals surface area contributed by atoms with Gasteiger partial charge in [0.2, 0.25) is 0 Å². The Morgan fingerprint density at radius 1 is 0.514 bits per heavy atom. The Bertz CT molecular complexity index is 689. The maximum absolute atomic E-state index is 10.9. The summed E-state index contributed by atoms with van der Waals surface area (Å²) in [6, 6.07) is 0. The fourth-order valence-corrected chi connectivity index (χ4v) is 4.36. The van der Waals surface area contributed by atoms with Crippen LogP contribution in [0.2, 0.25) is 0 Å². The standard InChI is InChI=1S/C20H37NO16/c21-1-2-32-18-14(30)12(28)16(8(5-24)35-18)36-20-15(31)17(10(26)7(4-23)34-20)37-19-13(29)11(27)9(25)6(3-22)33-19/h6-20,22-31H,1-5,21H2/t6-,7-,8-,9+,10+,11+,12-,13-,14-,15-,16-,17+,18-,19-,20+/m1/s1. The lowest BCUT2D eigenvalue weighted by atomic mass is 9.96. The molecule has 0 bridgehead atoms. The maximum Gasteiger partial charge on any atom is 0.187 e. The van der Waals surface area contributed by atoms with Crippen LogP contribution in [0.3, 0.4) is 0 Å². The molecule has 17 nitrogen and oxygen atoms in total. The van der Waals surface area contributed by atoms with Crippen LogP contribution in [0.15, 0.2) is 0 Å². The van der Waals surface area contributed by atoms with Crippen molar-refractivity contribution < 1.29 is 79.5 Å². The number of hydrogen-bond donors (Lipinski definition) is 11. The van der Waals surface area contributed by atoms with Crippen molar-refractivity contribution in [2.45, 2.75) is 92.1 Å². The van der Waals surface area contributed by atoms with Gasteiger partial charge in [-0.15, -0.1) is 0 Å². The lowest BCUT2D eigenvalue weighted by molar-refractivity contribution is -0.380. The molecule has 0 aromatic heterocycles. The van der Waals surface area contributed by atoms with Gasteiger partial charge in [-0.05, 0) is 0 Å². The Morgan fingerprint density at radius 2 is 1.00 bits per heavy atom. The molecule has 3 heterocycles. The second kappa shape index (κ2) is 13.6. The quantitative estimate of drug-likeness (QED) is 0.121. The lowest BCUT2D eigenvalue weighted by Gasteiger charge is -2.48. The first-order valence-electron chi connectivity index (χ1n) is 11.8. The maximum atomic E-state index is 10.9. The molecule has 17 heteroatoms. The van der Waals surface area contributed by atoms with Crippen LogP contribution in [0.4, 0.5) is 0 Å². The average Bonchev–Trinajstić information content (AvgIpc) is 2.89. The van der Waals surface area contributed by atoms with E-state index in [9.17, 15) is 51.1 Å².